The van der Waals surface area contributed by atoms with Crippen LogP contribution in [0, 0.1) is 0 Å². The molecule has 0 atom stereocenters. The molecule has 8 nitrogen and oxygen atoms in total. The zero-order chi connectivity index (χ0) is 20.9. The summed E-state index contributed by atoms with van der Waals surface area (Å²) < 4.78 is 15.2. The van der Waals surface area contributed by atoms with Crippen LogP contribution in [0.5, 0.6) is 5.75 Å². The summed E-state index contributed by atoms with van der Waals surface area (Å²) in [5.74, 6) is 0.751. The number of ether oxygens (including phenoxy) is 2. The van der Waals surface area contributed by atoms with Gasteiger partial charge in [-0.05, 0) is 24.3 Å². The highest BCUT2D eigenvalue weighted by Crippen LogP contribution is 2.13. The molecule has 2 aromatic heterocycles. The average molecular weight is 406 g/mol. The van der Waals surface area contributed by atoms with E-state index in [1.54, 1.807) is 10.9 Å². The molecular formula is C22H22N4O4. The minimum Gasteiger partial charge on any atom is -0.492 e. The fraction of sp³-hybridized carbons (Fsp3) is 0.227. The molecule has 0 aliphatic carbocycles. The molecule has 30 heavy (non-hydrogen) atoms. The first-order valence-electron chi connectivity index (χ1n) is 9.63. The van der Waals surface area contributed by atoms with Crippen LogP contribution >= 0.6 is 0 Å². The molecule has 0 fully saturated rings. The third-order valence-electron chi connectivity index (χ3n) is 4.78. The largest absolute Gasteiger partial charge is 0.492 e. The Hall–Kier alpha value is -3.65. The number of hydrogen-bond acceptors (Lipinski definition) is 5. The normalized spacial score (nSPS) is 11.1. The number of nitrogens with zero attached hydrogens (tertiary/aromatic N) is 4. The summed E-state index contributed by atoms with van der Waals surface area (Å²) in [5.41, 5.74) is 0.484. The highest BCUT2D eigenvalue weighted by Gasteiger charge is 2.19. The van der Waals surface area contributed by atoms with Crippen LogP contribution in [-0.2, 0) is 17.8 Å². The van der Waals surface area contributed by atoms with Gasteiger partial charge in [0.2, 0.25) is 0 Å². The summed E-state index contributed by atoms with van der Waals surface area (Å²) in [6, 6.07) is 18.6. The maximum Gasteiger partial charge on any atom is 0.337 e. The van der Waals surface area contributed by atoms with Crippen LogP contribution < -0.4 is 16.0 Å². The van der Waals surface area contributed by atoms with Crippen molar-refractivity contribution >= 4 is 11.2 Å². The zero-order valence-electron chi connectivity index (χ0n) is 16.6. The van der Waals surface area contributed by atoms with Crippen LogP contribution in [0.1, 0.15) is 0 Å². The van der Waals surface area contributed by atoms with Gasteiger partial charge in [0.05, 0.1) is 31.7 Å². The second-order valence-electron chi connectivity index (χ2n) is 6.67. The predicted octanol–water partition coefficient (Wildman–Crippen LogP) is 2.07. The van der Waals surface area contributed by atoms with E-state index in [0.717, 1.165) is 5.75 Å². The molecule has 0 bridgehead atoms. The predicted molar refractivity (Wildman–Crippen MR) is 113 cm³/mol. The average Bonchev–Trinajstić information content (AvgIpc) is 3.19. The molecule has 0 radical (unpaired) electrons. The maximum absolute atomic E-state index is 13.1. The van der Waals surface area contributed by atoms with Gasteiger partial charge in [-0.3, -0.25) is 9.36 Å². The molecule has 4 rings (SSSR count). The van der Waals surface area contributed by atoms with E-state index in [-0.39, 0.29) is 13.2 Å². The standard InChI is InChI=1S/C22H22N4O4/c1-29-14-13-25-21(27)19-20(26(22(25)28)17-8-4-2-5-9-17)23-16-24(19)12-15-30-18-10-6-3-7-11-18/h2-11,16H,12-15H2,1H3. The monoisotopic (exact) mass is 406 g/mol. The molecule has 0 amide bonds. The SMILES string of the molecule is COCCn1c(=O)c2c(ncn2CCOc2ccccc2)n(-c2ccccc2)c1=O. The summed E-state index contributed by atoms with van der Waals surface area (Å²) >= 11 is 0. The Bertz CT molecular complexity index is 1240. The van der Waals surface area contributed by atoms with Gasteiger partial charge in [-0.25, -0.2) is 14.3 Å². The molecule has 8 heteroatoms. The van der Waals surface area contributed by atoms with E-state index in [1.807, 2.05) is 60.7 Å². The lowest BCUT2D eigenvalue weighted by Gasteiger charge is -2.12. The van der Waals surface area contributed by atoms with Crippen molar-refractivity contribution in [2.45, 2.75) is 13.1 Å². The van der Waals surface area contributed by atoms with Crippen LogP contribution in [-0.4, -0.2) is 39.0 Å². The van der Waals surface area contributed by atoms with E-state index in [4.69, 9.17) is 9.47 Å². The Morgan fingerprint density at radius 1 is 0.900 bits per heavy atom. The van der Waals surface area contributed by atoms with Gasteiger partial charge in [-0.1, -0.05) is 36.4 Å². The van der Waals surface area contributed by atoms with Crippen molar-refractivity contribution in [1.29, 1.82) is 0 Å². The number of methoxy groups -OCH3 is 1. The summed E-state index contributed by atoms with van der Waals surface area (Å²) in [4.78, 5) is 30.7. The summed E-state index contributed by atoms with van der Waals surface area (Å²) in [6.45, 7) is 1.18. The van der Waals surface area contributed by atoms with Gasteiger partial charge in [0.25, 0.3) is 5.56 Å². The Morgan fingerprint density at radius 2 is 1.60 bits per heavy atom. The van der Waals surface area contributed by atoms with Gasteiger partial charge in [0.1, 0.15) is 12.4 Å². The number of benzene rings is 2. The van der Waals surface area contributed by atoms with Crippen molar-refractivity contribution in [2.24, 2.45) is 0 Å². The Morgan fingerprint density at radius 3 is 2.30 bits per heavy atom. The molecule has 154 valence electrons. The number of hydrogen-bond donors (Lipinski definition) is 0. The summed E-state index contributed by atoms with van der Waals surface area (Å²) in [5, 5.41) is 0. The second kappa shape index (κ2) is 8.79. The number of rotatable bonds is 8. The smallest absolute Gasteiger partial charge is 0.337 e. The van der Waals surface area contributed by atoms with Gasteiger partial charge < -0.3 is 14.0 Å². The second-order valence-corrected chi connectivity index (χ2v) is 6.67. The van der Waals surface area contributed by atoms with Crippen LogP contribution in [0.25, 0.3) is 16.9 Å². The van der Waals surface area contributed by atoms with Gasteiger partial charge in [-0.15, -0.1) is 0 Å². The lowest BCUT2D eigenvalue weighted by atomic mass is 10.3. The Kier molecular flexibility index (Phi) is 5.76. The number of imidazole rings is 1. The van der Waals surface area contributed by atoms with E-state index >= 15 is 0 Å². The fourth-order valence-corrected chi connectivity index (χ4v) is 3.32. The van der Waals surface area contributed by atoms with Crippen molar-refractivity contribution < 1.29 is 9.47 Å². The molecule has 4 aromatic rings. The van der Waals surface area contributed by atoms with E-state index in [1.165, 1.54) is 16.2 Å². The topological polar surface area (TPSA) is 80.3 Å². The third kappa shape index (κ3) is 3.77. The molecule has 0 saturated heterocycles. The molecular weight excluding hydrogens is 384 g/mol. The van der Waals surface area contributed by atoms with E-state index in [2.05, 4.69) is 4.98 Å². The van der Waals surface area contributed by atoms with Crippen LogP contribution in [0.3, 0.4) is 0 Å². The van der Waals surface area contributed by atoms with Crippen LogP contribution in [0.15, 0.2) is 76.6 Å². The molecule has 2 aromatic carbocycles. The highest BCUT2D eigenvalue weighted by atomic mass is 16.5. The van der Waals surface area contributed by atoms with Crippen LogP contribution in [0.4, 0.5) is 0 Å². The summed E-state index contributed by atoms with van der Waals surface area (Å²) in [6.07, 6.45) is 1.57. The van der Waals surface area contributed by atoms with Crippen molar-refractivity contribution in [3.8, 4) is 11.4 Å². The molecule has 0 N–H and O–H groups in total. The molecule has 2 heterocycles. The highest BCUT2D eigenvalue weighted by molar-refractivity contribution is 5.72. The first-order valence-corrected chi connectivity index (χ1v) is 9.63. The first-order chi connectivity index (χ1) is 14.7. The molecule has 0 unspecified atom stereocenters. The Balaban J connectivity index is 1.78. The maximum atomic E-state index is 13.1. The quantitative estimate of drug-likeness (QED) is 0.448. The van der Waals surface area contributed by atoms with E-state index < -0.39 is 11.2 Å². The van der Waals surface area contributed by atoms with Crippen molar-refractivity contribution in [3.05, 3.63) is 87.8 Å². The number of fused-ring (bicyclic) bond motifs is 1. The number of para-hydroxylation sites is 2. The van der Waals surface area contributed by atoms with Gasteiger partial charge in [0, 0.05) is 7.11 Å². The van der Waals surface area contributed by atoms with E-state index in [0.29, 0.717) is 30.0 Å². The lowest BCUT2D eigenvalue weighted by Crippen LogP contribution is -2.41. The van der Waals surface area contributed by atoms with Crippen molar-refractivity contribution in [2.75, 3.05) is 20.3 Å². The van der Waals surface area contributed by atoms with Gasteiger partial charge >= 0.3 is 5.69 Å². The molecule has 0 aliphatic heterocycles. The van der Waals surface area contributed by atoms with Crippen LogP contribution in [0.2, 0.25) is 0 Å². The molecule has 0 aliphatic rings. The third-order valence-corrected chi connectivity index (χ3v) is 4.78. The molecule has 0 saturated carbocycles. The fourth-order valence-electron chi connectivity index (χ4n) is 3.32. The summed E-state index contributed by atoms with van der Waals surface area (Å²) in [7, 11) is 1.53. The first kappa shape index (κ1) is 19.7. The molecule has 0 spiro atoms. The van der Waals surface area contributed by atoms with Gasteiger partial charge in [-0.2, -0.15) is 0 Å². The van der Waals surface area contributed by atoms with E-state index in [9.17, 15) is 9.59 Å². The Labute approximate surface area is 172 Å². The lowest BCUT2D eigenvalue weighted by molar-refractivity contribution is 0.184. The van der Waals surface area contributed by atoms with Gasteiger partial charge in [0.15, 0.2) is 11.2 Å². The minimum atomic E-state index is -0.443. The number of aromatic nitrogens is 4. The minimum absolute atomic E-state index is 0.155. The zero-order valence-corrected chi connectivity index (χ0v) is 16.6. The van der Waals surface area contributed by atoms with Crippen molar-refractivity contribution in [3.63, 3.8) is 0 Å². The van der Waals surface area contributed by atoms with Crippen molar-refractivity contribution in [1.82, 2.24) is 18.7 Å².